The molecule has 1 N–H and O–H groups in total. The fraction of sp³-hybridized carbons (Fsp3) is 0.458. The van der Waals surface area contributed by atoms with Crippen molar-refractivity contribution in [3.63, 3.8) is 0 Å². The van der Waals surface area contributed by atoms with Crippen LogP contribution in [0.2, 0.25) is 0 Å². The third kappa shape index (κ3) is 4.57. The first kappa shape index (κ1) is 24.3. The predicted molar refractivity (Wildman–Crippen MR) is 131 cm³/mol. The van der Waals surface area contributed by atoms with Gasteiger partial charge in [0.1, 0.15) is 11.4 Å². The minimum atomic E-state index is -1.33. The Hall–Kier alpha value is -3.41. The molecule has 1 aromatic carbocycles. The van der Waals surface area contributed by atoms with Crippen molar-refractivity contribution in [1.82, 2.24) is 14.4 Å². The Kier molecular flexibility index (Phi) is 6.45. The van der Waals surface area contributed by atoms with Gasteiger partial charge < -0.3 is 19.5 Å². The number of fused-ring (bicyclic) bond motifs is 1. The quantitative estimate of drug-likeness (QED) is 0.595. The molecule has 1 saturated carbocycles. The normalized spacial score (nSPS) is 18.4. The number of anilines is 1. The summed E-state index contributed by atoms with van der Waals surface area (Å²) in [5.41, 5.74) is -0.251. The van der Waals surface area contributed by atoms with Crippen molar-refractivity contribution < 1.29 is 28.7 Å². The summed E-state index contributed by atoms with van der Waals surface area (Å²) in [5, 5.41) is 9.17. The van der Waals surface area contributed by atoms with E-state index in [0.29, 0.717) is 43.8 Å². The number of imide groups is 1. The van der Waals surface area contributed by atoms with Crippen LogP contribution in [0.25, 0.3) is 10.9 Å². The standard InChI is InChI=1S/C24H25FN4O6S/c25-17-10-15-18(29(14-3-4-14)12-16(22(15)32)23(33)34)11-19(17)26-6-8-27(9-7-26)20(30)2-1-5-28-21(31)13-36-24(28)35/h10-12,14H,1-9,13H2,(H,33,34). The van der Waals surface area contributed by atoms with Gasteiger partial charge in [-0.1, -0.05) is 11.8 Å². The Balaban J connectivity index is 1.27. The van der Waals surface area contributed by atoms with E-state index in [1.54, 1.807) is 15.5 Å². The summed E-state index contributed by atoms with van der Waals surface area (Å²) in [4.78, 5) is 64.9. The van der Waals surface area contributed by atoms with Crippen molar-refractivity contribution in [2.75, 3.05) is 43.4 Å². The third-order valence-electron chi connectivity index (χ3n) is 6.86. The first-order chi connectivity index (χ1) is 17.2. The smallest absolute Gasteiger partial charge is 0.341 e. The molecular weight excluding hydrogens is 491 g/mol. The van der Waals surface area contributed by atoms with E-state index in [1.807, 2.05) is 4.90 Å². The largest absolute Gasteiger partial charge is 0.477 e. The number of hydrogen-bond donors (Lipinski definition) is 1. The van der Waals surface area contributed by atoms with Gasteiger partial charge in [0, 0.05) is 56.8 Å². The molecule has 5 rings (SSSR count). The fourth-order valence-corrected chi connectivity index (χ4v) is 5.50. The van der Waals surface area contributed by atoms with Gasteiger partial charge in [-0.2, -0.15) is 0 Å². The molecule has 0 radical (unpaired) electrons. The monoisotopic (exact) mass is 516 g/mol. The van der Waals surface area contributed by atoms with Crippen LogP contribution in [-0.2, 0) is 9.59 Å². The Morgan fingerprint density at radius 2 is 1.81 bits per heavy atom. The van der Waals surface area contributed by atoms with Crippen LogP contribution >= 0.6 is 11.8 Å². The van der Waals surface area contributed by atoms with Crippen molar-refractivity contribution >= 4 is 51.4 Å². The Bertz CT molecular complexity index is 1320. The van der Waals surface area contributed by atoms with Crippen molar-refractivity contribution in [2.24, 2.45) is 0 Å². The zero-order valence-electron chi connectivity index (χ0n) is 19.4. The molecule has 190 valence electrons. The van der Waals surface area contributed by atoms with E-state index in [4.69, 9.17) is 0 Å². The number of aromatic carboxylic acids is 1. The molecule has 3 heterocycles. The summed E-state index contributed by atoms with van der Waals surface area (Å²) in [6, 6.07) is 2.81. The second-order valence-electron chi connectivity index (χ2n) is 9.21. The number of halogens is 1. The van der Waals surface area contributed by atoms with E-state index in [2.05, 4.69) is 0 Å². The molecule has 0 bridgehead atoms. The molecule has 2 saturated heterocycles. The molecule has 3 fully saturated rings. The summed E-state index contributed by atoms with van der Waals surface area (Å²) in [5.74, 6) is -2.10. The Labute approximate surface area is 209 Å². The fourth-order valence-electron chi connectivity index (χ4n) is 4.75. The van der Waals surface area contributed by atoms with E-state index in [-0.39, 0.29) is 52.8 Å². The molecule has 10 nitrogen and oxygen atoms in total. The molecule has 0 atom stereocenters. The van der Waals surface area contributed by atoms with Gasteiger partial charge in [0.25, 0.3) is 5.24 Å². The molecule has 1 aliphatic carbocycles. The van der Waals surface area contributed by atoms with Crippen LogP contribution in [0.1, 0.15) is 42.1 Å². The number of carbonyl (C=O) groups excluding carboxylic acids is 3. The van der Waals surface area contributed by atoms with E-state index in [1.165, 1.54) is 11.1 Å². The molecular formula is C24H25FN4O6S. The van der Waals surface area contributed by atoms with Crippen LogP contribution in [0.5, 0.6) is 0 Å². The number of piperazine rings is 1. The average Bonchev–Trinajstić information content (AvgIpc) is 3.65. The van der Waals surface area contributed by atoms with Gasteiger partial charge in [-0.05, 0) is 31.4 Å². The van der Waals surface area contributed by atoms with Gasteiger partial charge >= 0.3 is 5.97 Å². The summed E-state index contributed by atoms with van der Waals surface area (Å²) in [7, 11) is 0. The first-order valence-electron chi connectivity index (χ1n) is 11.9. The third-order valence-corrected chi connectivity index (χ3v) is 7.72. The zero-order chi connectivity index (χ0) is 25.6. The highest BCUT2D eigenvalue weighted by Crippen LogP contribution is 2.38. The van der Waals surface area contributed by atoms with Gasteiger partial charge in [-0.3, -0.25) is 24.1 Å². The molecule has 0 unspecified atom stereocenters. The van der Waals surface area contributed by atoms with Crippen LogP contribution in [0, 0.1) is 5.82 Å². The minimum Gasteiger partial charge on any atom is -0.477 e. The number of carboxylic acids is 1. The lowest BCUT2D eigenvalue weighted by atomic mass is 10.1. The van der Waals surface area contributed by atoms with E-state index in [9.17, 15) is 29.1 Å². The van der Waals surface area contributed by atoms with Gasteiger partial charge in [0.15, 0.2) is 0 Å². The number of aromatic nitrogens is 1. The second kappa shape index (κ2) is 9.57. The maximum absolute atomic E-state index is 15.1. The maximum atomic E-state index is 15.1. The summed E-state index contributed by atoms with van der Waals surface area (Å²) < 4.78 is 16.9. The van der Waals surface area contributed by atoms with Crippen LogP contribution in [-0.4, -0.2) is 81.0 Å². The number of hydrogen-bond acceptors (Lipinski definition) is 7. The molecule has 3 aliphatic rings. The highest BCUT2D eigenvalue weighted by molar-refractivity contribution is 8.14. The predicted octanol–water partition coefficient (Wildman–Crippen LogP) is 2.30. The van der Waals surface area contributed by atoms with E-state index in [0.717, 1.165) is 30.7 Å². The minimum absolute atomic E-state index is 0.0465. The second-order valence-corrected chi connectivity index (χ2v) is 10.1. The van der Waals surface area contributed by atoms with E-state index < -0.39 is 17.2 Å². The molecule has 2 aliphatic heterocycles. The molecule has 0 spiro atoms. The number of carbonyl (C=O) groups is 4. The van der Waals surface area contributed by atoms with Crippen LogP contribution < -0.4 is 10.3 Å². The number of rotatable bonds is 7. The van der Waals surface area contributed by atoms with Gasteiger partial charge in [-0.15, -0.1) is 0 Å². The van der Waals surface area contributed by atoms with Crippen LogP contribution in [0.15, 0.2) is 23.1 Å². The lowest BCUT2D eigenvalue weighted by molar-refractivity contribution is -0.132. The Morgan fingerprint density at radius 1 is 1.08 bits per heavy atom. The van der Waals surface area contributed by atoms with Gasteiger partial charge in [0.05, 0.1) is 17.0 Å². The zero-order valence-corrected chi connectivity index (χ0v) is 20.3. The molecule has 12 heteroatoms. The van der Waals surface area contributed by atoms with Crippen LogP contribution in [0.4, 0.5) is 14.9 Å². The van der Waals surface area contributed by atoms with Gasteiger partial charge in [0.2, 0.25) is 17.2 Å². The number of benzene rings is 1. The summed E-state index contributed by atoms with van der Waals surface area (Å²) >= 11 is 0.970. The number of carboxylic acid groups (broad SMARTS) is 1. The van der Waals surface area contributed by atoms with Crippen molar-refractivity contribution in [3.05, 3.63) is 39.9 Å². The molecule has 36 heavy (non-hydrogen) atoms. The number of amides is 3. The Morgan fingerprint density at radius 3 is 2.42 bits per heavy atom. The van der Waals surface area contributed by atoms with Gasteiger partial charge in [-0.25, -0.2) is 9.18 Å². The average molecular weight is 517 g/mol. The summed E-state index contributed by atoms with van der Waals surface area (Å²) in [6.07, 6.45) is 3.69. The van der Waals surface area contributed by atoms with Crippen molar-refractivity contribution in [3.8, 4) is 0 Å². The van der Waals surface area contributed by atoms with E-state index >= 15 is 4.39 Å². The number of thioether (sulfide) groups is 1. The SMILES string of the molecule is O=C(O)c1cn(C2CC2)c2cc(N3CCN(C(=O)CCCN4C(=O)CSC4=O)CC3)c(F)cc2c1=O. The first-order valence-corrected chi connectivity index (χ1v) is 12.8. The molecule has 2 aromatic rings. The topological polar surface area (TPSA) is 120 Å². The van der Waals surface area contributed by atoms with Crippen molar-refractivity contribution in [2.45, 2.75) is 31.7 Å². The number of nitrogens with zero attached hydrogens (tertiary/aromatic N) is 4. The molecule has 3 amide bonds. The highest BCUT2D eigenvalue weighted by atomic mass is 32.2. The lowest BCUT2D eigenvalue weighted by Gasteiger charge is -2.36. The maximum Gasteiger partial charge on any atom is 0.341 e. The summed E-state index contributed by atoms with van der Waals surface area (Å²) in [6.45, 7) is 1.80. The highest BCUT2D eigenvalue weighted by Gasteiger charge is 2.31. The number of pyridine rings is 1. The lowest BCUT2D eigenvalue weighted by Crippen LogP contribution is -2.49. The van der Waals surface area contributed by atoms with Crippen molar-refractivity contribution in [1.29, 1.82) is 0 Å². The van der Waals surface area contributed by atoms with Crippen LogP contribution in [0.3, 0.4) is 0 Å². The molecule has 1 aromatic heterocycles.